The maximum absolute atomic E-state index is 6.42. The van der Waals surface area contributed by atoms with Gasteiger partial charge in [-0.15, -0.1) is 0 Å². The molecule has 3 heteroatoms. The zero-order chi connectivity index (χ0) is 13.8. The first-order valence-electron chi connectivity index (χ1n) is 7.29. The topological polar surface area (TPSA) is 38.5 Å². The maximum atomic E-state index is 6.42. The quantitative estimate of drug-likeness (QED) is 0.821. The molecule has 1 aromatic carbocycles. The molecule has 1 saturated carbocycles. The molecule has 1 atom stereocenters. The second-order valence-electron chi connectivity index (χ2n) is 5.58. The van der Waals surface area contributed by atoms with Crippen LogP contribution in [0.25, 0.3) is 0 Å². The van der Waals surface area contributed by atoms with Crippen molar-refractivity contribution in [2.24, 2.45) is 5.73 Å². The Balaban J connectivity index is 2.09. The summed E-state index contributed by atoms with van der Waals surface area (Å²) in [5, 5.41) is 0. The lowest BCUT2D eigenvalue weighted by molar-refractivity contribution is 0.246. The first-order chi connectivity index (χ1) is 9.15. The Labute approximate surface area is 116 Å². The number of nitrogens with two attached hydrogens (primary N) is 1. The van der Waals surface area contributed by atoms with E-state index in [0.717, 1.165) is 30.4 Å². The summed E-state index contributed by atoms with van der Waals surface area (Å²) in [6.07, 6.45) is 3.85. The van der Waals surface area contributed by atoms with Crippen molar-refractivity contribution in [1.29, 1.82) is 0 Å². The van der Waals surface area contributed by atoms with Crippen molar-refractivity contribution >= 4 is 0 Å². The van der Waals surface area contributed by atoms with E-state index in [1.165, 1.54) is 24.8 Å². The second kappa shape index (κ2) is 6.40. The van der Waals surface area contributed by atoms with Crippen LogP contribution in [0.3, 0.4) is 0 Å². The van der Waals surface area contributed by atoms with E-state index in [9.17, 15) is 0 Å². The van der Waals surface area contributed by atoms with Crippen LogP contribution in [-0.2, 0) is 0 Å². The van der Waals surface area contributed by atoms with Crippen molar-refractivity contribution in [2.45, 2.75) is 45.2 Å². The Morgan fingerprint density at radius 3 is 2.74 bits per heavy atom. The summed E-state index contributed by atoms with van der Waals surface area (Å²) in [5.41, 5.74) is 8.78. The lowest BCUT2D eigenvalue weighted by atomic mass is 10.0. The first kappa shape index (κ1) is 14.4. The third-order valence-corrected chi connectivity index (χ3v) is 3.79. The highest BCUT2D eigenvalue weighted by Crippen LogP contribution is 2.31. The van der Waals surface area contributed by atoms with Crippen LogP contribution in [0.1, 0.15) is 43.4 Å². The molecule has 1 aliphatic carbocycles. The van der Waals surface area contributed by atoms with E-state index in [-0.39, 0.29) is 6.04 Å². The van der Waals surface area contributed by atoms with Gasteiger partial charge < -0.3 is 10.5 Å². The van der Waals surface area contributed by atoms with Crippen LogP contribution in [0.5, 0.6) is 5.75 Å². The molecule has 0 aliphatic heterocycles. The highest BCUT2D eigenvalue weighted by molar-refractivity contribution is 5.39. The van der Waals surface area contributed by atoms with Gasteiger partial charge in [-0.3, -0.25) is 4.90 Å². The van der Waals surface area contributed by atoms with E-state index in [1.54, 1.807) is 7.11 Å². The highest BCUT2D eigenvalue weighted by Gasteiger charge is 2.29. The Morgan fingerprint density at radius 1 is 1.42 bits per heavy atom. The van der Waals surface area contributed by atoms with Crippen LogP contribution in [0, 0.1) is 6.92 Å². The van der Waals surface area contributed by atoms with Gasteiger partial charge in [-0.1, -0.05) is 24.6 Å². The Morgan fingerprint density at radius 2 is 2.16 bits per heavy atom. The molecule has 0 saturated heterocycles. The average Bonchev–Trinajstić information content (AvgIpc) is 3.22. The van der Waals surface area contributed by atoms with E-state index in [0.29, 0.717) is 0 Å². The largest absolute Gasteiger partial charge is 0.496 e. The van der Waals surface area contributed by atoms with E-state index in [1.807, 2.05) is 6.07 Å². The third-order valence-electron chi connectivity index (χ3n) is 3.79. The fourth-order valence-electron chi connectivity index (χ4n) is 2.64. The van der Waals surface area contributed by atoms with E-state index >= 15 is 0 Å². The predicted molar refractivity (Wildman–Crippen MR) is 79.5 cm³/mol. The van der Waals surface area contributed by atoms with Gasteiger partial charge in [0, 0.05) is 24.2 Å². The highest BCUT2D eigenvalue weighted by atomic mass is 16.5. The minimum atomic E-state index is 0.0296. The smallest absolute Gasteiger partial charge is 0.123 e. The van der Waals surface area contributed by atoms with Crippen molar-refractivity contribution in [3.8, 4) is 5.75 Å². The molecular weight excluding hydrogens is 236 g/mol. The molecule has 2 N–H and O–H groups in total. The van der Waals surface area contributed by atoms with Crippen LogP contribution in [-0.4, -0.2) is 31.1 Å². The van der Waals surface area contributed by atoms with Crippen molar-refractivity contribution in [3.05, 3.63) is 29.3 Å². The molecular formula is C16H26N2O. The van der Waals surface area contributed by atoms with Crippen molar-refractivity contribution in [3.63, 3.8) is 0 Å². The van der Waals surface area contributed by atoms with Gasteiger partial charge in [0.2, 0.25) is 0 Å². The average molecular weight is 262 g/mol. The molecule has 1 unspecified atom stereocenters. The molecule has 0 amide bonds. The number of hydrogen-bond acceptors (Lipinski definition) is 3. The van der Waals surface area contributed by atoms with E-state index in [2.05, 4.69) is 30.9 Å². The number of benzene rings is 1. The van der Waals surface area contributed by atoms with Crippen LogP contribution in [0.2, 0.25) is 0 Å². The summed E-state index contributed by atoms with van der Waals surface area (Å²) in [5.74, 6) is 0.908. The normalized spacial score (nSPS) is 16.7. The number of hydrogen-bond donors (Lipinski definition) is 1. The summed E-state index contributed by atoms with van der Waals surface area (Å²) in [6.45, 7) is 6.40. The van der Waals surface area contributed by atoms with Gasteiger partial charge in [0.1, 0.15) is 5.75 Å². The van der Waals surface area contributed by atoms with Gasteiger partial charge >= 0.3 is 0 Å². The fraction of sp³-hybridized carbons (Fsp3) is 0.625. The van der Waals surface area contributed by atoms with Gasteiger partial charge in [-0.05, 0) is 38.8 Å². The van der Waals surface area contributed by atoms with Crippen molar-refractivity contribution < 1.29 is 4.74 Å². The van der Waals surface area contributed by atoms with Crippen LogP contribution >= 0.6 is 0 Å². The summed E-state index contributed by atoms with van der Waals surface area (Å²) in [6, 6.07) is 7.04. The number of methoxy groups -OCH3 is 1. The predicted octanol–water partition coefficient (Wildman–Crippen LogP) is 2.88. The molecule has 0 heterocycles. The maximum Gasteiger partial charge on any atom is 0.123 e. The van der Waals surface area contributed by atoms with Gasteiger partial charge in [0.05, 0.1) is 7.11 Å². The number of rotatable bonds is 7. The molecule has 1 aliphatic rings. The van der Waals surface area contributed by atoms with Gasteiger partial charge in [0.15, 0.2) is 0 Å². The van der Waals surface area contributed by atoms with Gasteiger partial charge in [-0.25, -0.2) is 0 Å². The molecule has 2 rings (SSSR count). The molecule has 19 heavy (non-hydrogen) atoms. The number of nitrogens with zero attached hydrogens (tertiary/aromatic N) is 1. The molecule has 0 bridgehead atoms. The van der Waals surface area contributed by atoms with E-state index < -0.39 is 0 Å². The zero-order valence-electron chi connectivity index (χ0n) is 12.4. The molecule has 3 nitrogen and oxygen atoms in total. The number of aryl methyl sites for hydroxylation is 1. The summed E-state index contributed by atoms with van der Waals surface area (Å²) < 4.78 is 5.44. The summed E-state index contributed by atoms with van der Waals surface area (Å²) in [4.78, 5) is 2.53. The lowest BCUT2D eigenvalue weighted by Gasteiger charge is -2.26. The second-order valence-corrected chi connectivity index (χ2v) is 5.58. The standard InChI is InChI=1S/C16H26N2O/c1-4-9-18(13-6-7-13)11-15(17)14-10-12(2)5-8-16(14)19-3/h5,8,10,13,15H,4,6-7,9,11,17H2,1-3H3. The zero-order valence-corrected chi connectivity index (χ0v) is 12.4. The number of ether oxygens (including phenoxy) is 1. The minimum Gasteiger partial charge on any atom is -0.496 e. The van der Waals surface area contributed by atoms with Crippen molar-refractivity contribution in [1.82, 2.24) is 4.90 Å². The fourth-order valence-corrected chi connectivity index (χ4v) is 2.64. The summed E-state index contributed by atoms with van der Waals surface area (Å²) in [7, 11) is 1.71. The third kappa shape index (κ3) is 3.71. The van der Waals surface area contributed by atoms with Gasteiger partial charge in [0.25, 0.3) is 0 Å². The monoisotopic (exact) mass is 262 g/mol. The molecule has 106 valence electrons. The van der Waals surface area contributed by atoms with Gasteiger partial charge in [-0.2, -0.15) is 0 Å². The molecule has 0 aromatic heterocycles. The van der Waals surface area contributed by atoms with Crippen LogP contribution in [0.15, 0.2) is 18.2 Å². The van der Waals surface area contributed by atoms with Crippen LogP contribution in [0.4, 0.5) is 0 Å². The first-order valence-corrected chi connectivity index (χ1v) is 7.29. The van der Waals surface area contributed by atoms with Crippen molar-refractivity contribution in [2.75, 3.05) is 20.2 Å². The molecule has 0 radical (unpaired) electrons. The minimum absolute atomic E-state index is 0.0296. The van der Waals surface area contributed by atoms with Crippen LogP contribution < -0.4 is 10.5 Å². The summed E-state index contributed by atoms with van der Waals surface area (Å²) >= 11 is 0. The molecule has 0 spiro atoms. The molecule has 1 fully saturated rings. The lowest BCUT2D eigenvalue weighted by Crippen LogP contribution is -2.34. The SMILES string of the molecule is CCCN(CC(N)c1cc(C)ccc1OC)C1CC1. The molecule has 1 aromatic rings. The Bertz CT molecular complexity index is 415. The Hall–Kier alpha value is -1.06. The Kier molecular flexibility index (Phi) is 4.83. The van der Waals surface area contributed by atoms with E-state index in [4.69, 9.17) is 10.5 Å².